The largest absolute Gasteiger partial charge is 0.370 e. The zero-order chi connectivity index (χ0) is 12.1. The second-order valence-corrected chi connectivity index (χ2v) is 4.09. The summed E-state index contributed by atoms with van der Waals surface area (Å²) in [4.78, 5) is 4.37. The van der Waals surface area contributed by atoms with Crippen LogP contribution in [0, 0.1) is 6.92 Å². The average Bonchev–Trinajstić information content (AvgIpc) is 2.74. The molecule has 0 spiro atoms. The first-order chi connectivity index (χ1) is 8.29. The van der Waals surface area contributed by atoms with Crippen LogP contribution in [0.25, 0.3) is 0 Å². The minimum Gasteiger partial charge on any atom is -0.370 e. The third-order valence-corrected chi connectivity index (χ3v) is 2.54. The highest BCUT2D eigenvalue weighted by Gasteiger charge is 2.03. The summed E-state index contributed by atoms with van der Waals surface area (Å²) >= 11 is 0. The topological polar surface area (TPSA) is 42.7 Å². The van der Waals surface area contributed by atoms with Gasteiger partial charge in [0.2, 0.25) is 0 Å². The third-order valence-electron chi connectivity index (χ3n) is 2.54. The first-order valence-electron chi connectivity index (χ1n) is 5.97. The smallest absolute Gasteiger partial charge is 0.131 e. The number of rotatable bonds is 5. The predicted octanol–water partition coefficient (Wildman–Crippen LogP) is 2.46. The summed E-state index contributed by atoms with van der Waals surface area (Å²) in [5.74, 6) is 0.961. The van der Waals surface area contributed by atoms with Gasteiger partial charge in [-0.15, -0.1) is 0 Å². The van der Waals surface area contributed by atoms with Gasteiger partial charge < -0.3 is 5.32 Å². The number of pyridine rings is 1. The second kappa shape index (κ2) is 5.48. The Labute approximate surface area is 102 Å². The number of aryl methyl sites for hydroxylation is 1. The van der Waals surface area contributed by atoms with Crippen molar-refractivity contribution in [3.05, 3.63) is 41.9 Å². The average molecular weight is 230 g/mol. The van der Waals surface area contributed by atoms with Crippen LogP contribution in [0.5, 0.6) is 0 Å². The van der Waals surface area contributed by atoms with E-state index in [2.05, 4.69) is 28.4 Å². The van der Waals surface area contributed by atoms with Gasteiger partial charge in [0.05, 0.1) is 12.2 Å². The second-order valence-electron chi connectivity index (χ2n) is 4.09. The number of hydrogen-bond acceptors (Lipinski definition) is 3. The summed E-state index contributed by atoms with van der Waals surface area (Å²) in [6.07, 6.45) is 4.90. The molecule has 4 nitrogen and oxygen atoms in total. The fourth-order valence-electron chi connectivity index (χ4n) is 1.69. The molecule has 0 radical (unpaired) electrons. The molecule has 0 aliphatic rings. The molecule has 0 bridgehead atoms. The molecule has 2 aromatic rings. The Balaban J connectivity index is 2.14. The fourth-order valence-corrected chi connectivity index (χ4v) is 1.69. The van der Waals surface area contributed by atoms with Crippen LogP contribution in [0.15, 0.2) is 30.6 Å². The predicted molar refractivity (Wildman–Crippen MR) is 69.1 cm³/mol. The Kier molecular flexibility index (Phi) is 3.75. The lowest BCUT2D eigenvalue weighted by atomic mass is 10.2. The number of hydrogen-bond donors (Lipinski definition) is 1. The lowest BCUT2D eigenvalue weighted by Gasteiger charge is -2.10. The molecule has 0 atom stereocenters. The van der Waals surface area contributed by atoms with E-state index in [-0.39, 0.29) is 0 Å². The van der Waals surface area contributed by atoms with Crippen molar-refractivity contribution < 1.29 is 0 Å². The fraction of sp³-hybridized carbons (Fsp3) is 0.385. The van der Waals surface area contributed by atoms with Crippen LogP contribution in [-0.2, 0) is 6.54 Å². The van der Waals surface area contributed by atoms with Crippen LogP contribution in [-0.4, -0.2) is 21.3 Å². The van der Waals surface area contributed by atoms with E-state index in [0.29, 0.717) is 0 Å². The maximum absolute atomic E-state index is 4.39. The van der Waals surface area contributed by atoms with Crippen LogP contribution >= 0.6 is 0 Å². The summed E-state index contributed by atoms with van der Waals surface area (Å²) in [5.41, 5.74) is 2.21. The lowest BCUT2D eigenvalue weighted by molar-refractivity contribution is 0.678. The Morgan fingerprint density at radius 2 is 2.24 bits per heavy atom. The molecule has 90 valence electrons. The Bertz CT molecular complexity index is 476. The number of aromatic nitrogens is 3. The normalized spacial score (nSPS) is 10.5. The van der Waals surface area contributed by atoms with Crippen LogP contribution in [0.2, 0.25) is 0 Å². The van der Waals surface area contributed by atoms with Crippen LogP contribution in [0.4, 0.5) is 5.82 Å². The van der Waals surface area contributed by atoms with E-state index in [9.17, 15) is 0 Å². The minimum absolute atomic E-state index is 0.758. The summed E-state index contributed by atoms with van der Waals surface area (Å²) in [6, 6.07) is 6.06. The Hall–Kier alpha value is -1.84. The molecule has 4 heteroatoms. The van der Waals surface area contributed by atoms with Crippen molar-refractivity contribution in [3.63, 3.8) is 0 Å². The molecule has 17 heavy (non-hydrogen) atoms. The maximum Gasteiger partial charge on any atom is 0.131 e. The molecule has 2 heterocycles. The van der Waals surface area contributed by atoms with Crippen molar-refractivity contribution in [1.82, 2.24) is 14.8 Å². The van der Waals surface area contributed by atoms with Crippen LogP contribution < -0.4 is 5.32 Å². The minimum atomic E-state index is 0.758. The van der Waals surface area contributed by atoms with Gasteiger partial charge in [-0.25, -0.2) is 4.98 Å². The van der Waals surface area contributed by atoms with E-state index >= 15 is 0 Å². The SMILES string of the molecule is CCCNc1ncccc1Cn1ccc(C)n1. The highest BCUT2D eigenvalue weighted by molar-refractivity contribution is 5.43. The van der Waals surface area contributed by atoms with Gasteiger partial charge in [0.1, 0.15) is 5.82 Å². The van der Waals surface area contributed by atoms with Gasteiger partial charge in [-0.1, -0.05) is 13.0 Å². The summed E-state index contributed by atoms with van der Waals surface area (Å²) < 4.78 is 1.93. The van der Waals surface area contributed by atoms with Gasteiger partial charge in [-0.2, -0.15) is 5.10 Å². The molecule has 0 aliphatic heterocycles. The van der Waals surface area contributed by atoms with E-state index in [4.69, 9.17) is 0 Å². The third kappa shape index (κ3) is 3.06. The lowest BCUT2D eigenvalue weighted by Crippen LogP contribution is -2.08. The van der Waals surface area contributed by atoms with E-state index in [1.807, 2.05) is 36.1 Å². The van der Waals surface area contributed by atoms with Gasteiger partial charge in [-0.3, -0.25) is 4.68 Å². The van der Waals surface area contributed by atoms with E-state index < -0.39 is 0 Å². The zero-order valence-electron chi connectivity index (χ0n) is 10.3. The Morgan fingerprint density at radius 3 is 2.94 bits per heavy atom. The van der Waals surface area contributed by atoms with Crippen LogP contribution in [0.3, 0.4) is 0 Å². The van der Waals surface area contributed by atoms with Crippen LogP contribution in [0.1, 0.15) is 24.6 Å². The Morgan fingerprint density at radius 1 is 1.35 bits per heavy atom. The number of nitrogens with one attached hydrogen (secondary N) is 1. The number of anilines is 1. The highest BCUT2D eigenvalue weighted by atomic mass is 15.3. The van der Waals surface area contributed by atoms with E-state index in [0.717, 1.165) is 31.0 Å². The molecule has 0 saturated heterocycles. The van der Waals surface area contributed by atoms with Crippen molar-refractivity contribution >= 4 is 5.82 Å². The zero-order valence-corrected chi connectivity index (χ0v) is 10.3. The molecule has 2 rings (SSSR count). The molecular weight excluding hydrogens is 212 g/mol. The monoisotopic (exact) mass is 230 g/mol. The van der Waals surface area contributed by atoms with Crippen molar-refractivity contribution in [2.24, 2.45) is 0 Å². The molecule has 1 N–H and O–H groups in total. The van der Waals surface area contributed by atoms with Crippen molar-refractivity contribution in [2.75, 3.05) is 11.9 Å². The van der Waals surface area contributed by atoms with Crippen molar-refractivity contribution in [1.29, 1.82) is 0 Å². The van der Waals surface area contributed by atoms with Gasteiger partial charge in [-0.05, 0) is 25.5 Å². The summed E-state index contributed by atoms with van der Waals surface area (Å²) in [6.45, 7) is 5.85. The van der Waals surface area contributed by atoms with Crippen molar-refractivity contribution in [3.8, 4) is 0 Å². The first kappa shape index (κ1) is 11.6. The van der Waals surface area contributed by atoms with Gasteiger partial charge in [0.25, 0.3) is 0 Å². The van der Waals surface area contributed by atoms with Crippen molar-refractivity contribution in [2.45, 2.75) is 26.8 Å². The molecular formula is C13H18N4. The summed E-state index contributed by atoms with van der Waals surface area (Å²) in [5, 5.41) is 7.73. The molecule has 0 aliphatic carbocycles. The molecule has 0 fully saturated rings. The molecule has 0 saturated carbocycles. The molecule has 2 aromatic heterocycles. The van der Waals surface area contributed by atoms with E-state index in [1.54, 1.807) is 0 Å². The number of nitrogens with zero attached hydrogens (tertiary/aromatic N) is 3. The molecule has 0 aromatic carbocycles. The molecule has 0 amide bonds. The molecule has 0 unspecified atom stereocenters. The van der Waals surface area contributed by atoms with Gasteiger partial charge in [0.15, 0.2) is 0 Å². The standard InChI is InChI=1S/C13H18N4/c1-3-7-14-13-12(5-4-8-15-13)10-17-9-6-11(2)16-17/h4-6,8-9H,3,7,10H2,1-2H3,(H,14,15). The summed E-state index contributed by atoms with van der Waals surface area (Å²) in [7, 11) is 0. The first-order valence-corrected chi connectivity index (χ1v) is 5.97. The quantitative estimate of drug-likeness (QED) is 0.858. The van der Waals surface area contributed by atoms with Gasteiger partial charge in [0, 0.05) is 24.5 Å². The maximum atomic E-state index is 4.39. The highest BCUT2D eigenvalue weighted by Crippen LogP contribution is 2.12. The van der Waals surface area contributed by atoms with E-state index in [1.165, 1.54) is 5.56 Å². The van der Waals surface area contributed by atoms with Gasteiger partial charge >= 0.3 is 0 Å².